The maximum Gasteiger partial charge on any atom is 0.295 e. The topological polar surface area (TPSA) is 54.3 Å². The molecule has 1 aliphatic heterocycles. The van der Waals surface area contributed by atoms with Gasteiger partial charge in [-0.15, -0.1) is 0 Å². The molecule has 104 valence electrons. The minimum absolute atomic E-state index is 0.400. The van der Waals surface area contributed by atoms with E-state index in [0.29, 0.717) is 18.7 Å². The van der Waals surface area contributed by atoms with Crippen LogP contribution in [-0.2, 0) is 11.8 Å². The van der Waals surface area contributed by atoms with Gasteiger partial charge >= 0.3 is 0 Å². The van der Waals surface area contributed by atoms with Crippen LogP contribution in [0.15, 0.2) is 30.5 Å². The molecule has 0 radical (unpaired) electrons. The molecule has 2 heterocycles. The average molecular weight is 271 g/mol. The van der Waals surface area contributed by atoms with Gasteiger partial charge in [-0.25, -0.2) is 0 Å². The first kappa shape index (κ1) is 12.9. The number of hydrogen-bond donors (Lipinski definition) is 1. The van der Waals surface area contributed by atoms with Gasteiger partial charge in [0.2, 0.25) is 0 Å². The number of ketones is 1. The number of piperazine rings is 1. The molecule has 1 N–H and O–H groups in total. The molecule has 1 fully saturated rings. The largest absolute Gasteiger partial charge is 0.350 e. The minimum Gasteiger partial charge on any atom is -0.350 e. The number of nitrogens with zero attached hydrogens (tertiary/aromatic N) is 2. The van der Waals surface area contributed by atoms with E-state index in [4.69, 9.17) is 0 Å². The van der Waals surface area contributed by atoms with Crippen molar-refractivity contribution in [2.45, 2.75) is 0 Å². The number of hydrogen-bond acceptors (Lipinski definition) is 3. The highest BCUT2D eigenvalue weighted by molar-refractivity contribution is 6.44. The van der Waals surface area contributed by atoms with Crippen molar-refractivity contribution in [2.75, 3.05) is 26.2 Å². The van der Waals surface area contributed by atoms with Gasteiger partial charge in [0.05, 0.1) is 5.56 Å². The Morgan fingerprint density at radius 3 is 2.60 bits per heavy atom. The number of amides is 1. The van der Waals surface area contributed by atoms with Gasteiger partial charge in [0.1, 0.15) is 0 Å². The fraction of sp³-hybridized carbons (Fsp3) is 0.333. The van der Waals surface area contributed by atoms with Crippen LogP contribution in [0.3, 0.4) is 0 Å². The summed E-state index contributed by atoms with van der Waals surface area (Å²) in [6, 6.07) is 7.64. The van der Waals surface area contributed by atoms with Gasteiger partial charge in [-0.3, -0.25) is 9.59 Å². The molecule has 5 nitrogen and oxygen atoms in total. The summed E-state index contributed by atoms with van der Waals surface area (Å²) in [4.78, 5) is 26.4. The van der Waals surface area contributed by atoms with Crippen molar-refractivity contribution in [3.05, 3.63) is 36.0 Å². The van der Waals surface area contributed by atoms with Gasteiger partial charge in [0.15, 0.2) is 0 Å². The first-order valence-corrected chi connectivity index (χ1v) is 6.77. The normalized spacial score (nSPS) is 15.6. The zero-order chi connectivity index (χ0) is 14.1. The van der Waals surface area contributed by atoms with Gasteiger partial charge in [0, 0.05) is 50.3 Å². The predicted octanol–water partition coefficient (Wildman–Crippen LogP) is 0.793. The molecule has 2 aromatic rings. The maximum absolute atomic E-state index is 12.4. The molecule has 0 bridgehead atoms. The standard InChI is InChI=1S/C15H17N3O2/c1-17-10-12(11-4-2-3-5-13(11)17)14(19)15(20)18-8-6-16-7-9-18/h2-5,10,16H,6-9H2,1H3. The van der Waals surface area contributed by atoms with E-state index >= 15 is 0 Å². The third-order valence-electron chi connectivity index (χ3n) is 3.74. The van der Waals surface area contributed by atoms with E-state index in [1.54, 1.807) is 11.1 Å². The maximum atomic E-state index is 12.4. The van der Waals surface area contributed by atoms with Gasteiger partial charge in [0.25, 0.3) is 11.7 Å². The highest BCUT2D eigenvalue weighted by Gasteiger charge is 2.26. The smallest absolute Gasteiger partial charge is 0.295 e. The summed E-state index contributed by atoms with van der Waals surface area (Å²) in [7, 11) is 1.88. The van der Waals surface area contributed by atoms with Crippen LogP contribution in [0, 0.1) is 0 Å². The number of para-hydroxylation sites is 1. The first-order chi connectivity index (χ1) is 9.68. The Balaban J connectivity index is 1.94. The quantitative estimate of drug-likeness (QED) is 0.649. The lowest BCUT2D eigenvalue weighted by atomic mass is 10.1. The third-order valence-corrected chi connectivity index (χ3v) is 3.74. The van der Waals surface area contributed by atoms with Crippen molar-refractivity contribution in [3.63, 3.8) is 0 Å². The van der Waals surface area contributed by atoms with E-state index in [1.165, 1.54) is 0 Å². The van der Waals surface area contributed by atoms with Gasteiger partial charge in [-0.1, -0.05) is 18.2 Å². The molecule has 1 saturated heterocycles. The van der Waals surface area contributed by atoms with Crippen molar-refractivity contribution in [1.29, 1.82) is 0 Å². The number of carbonyl (C=O) groups excluding carboxylic acids is 2. The second-order valence-electron chi connectivity index (χ2n) is 5.04. The fourth-order valence-electron chi connectivity index (χ4n) is 2.65. The zero-order valence-corrected chi connectivity index (χ0v) is 11.4. The predicted molar refractivity (Wildman–Crippen MR) is 76.7 cm³/mol. The number of benzene rings is 1. The Morgan fingerprint density at radius 1 is 1.15 bits per heavy atom. The molecule has 0 atom stereocenters. The van der Waals surface area contributed by atoms with E-state index in [9.17, 15) is 9.59 Å². The van der Waals surface area contributed by atoms with Crippen molar-refractivity contribution >= 4 is 22.6 Å². The number of carbonyl (C=O) groups is 2. The number of aromatic nitrogens is 1. The lowest BCUT2D eigenvalue weighted by Crippen LogP contribution is -2.48. The van der Waals surface area contributed by atoms with Crippen molar-refractivity contribution < 1.29 is 9.59 Å². The van der Waals surface area contributed by atoms with Crippen LogP contribution >= 0.6 is 0 Å². The number of aryl methyl sites for hydroxylation is 1. The lowest BCUT2D eigenvalue weighted by molar-refractivity contribution is -0.126. The highest BCUT2D eigenvalue weighted by Crippen LogP contribution is 2.21. The van der Waals surface area contributed by atoms with Gasteiger partial charge in [-0.05, 0) is 6.07 Å². The fourth-order valence-corrected chi connectivity index (χ4v) is 2.65. The minimum atomic E-state index is -0.413. The molecule has 3 rings (SSSR count). The summed E-state index contributed by atoms with van der Waals surface area (Å²) in [6.07, 6.45) is 1.74. The van der Waals surface area contributed by atoms with Crippen LogP contribution in [0.1, 0.15) is 10.4 Å². The number of Topliss-reactive ketones (excluding diaryl/α,β-unsaturated/α-hetero) is 1. The van der Waals surface area contributed by atoms with E-state index in [2.05, 4.69) is 5.32 Å². The second-order valence-corrected chi connectivity index (χ2v) is 5.04. The summed E-state index contributed by atoms with van der Waals surface area (Å²) in [5.74, 6) is -0.813. The molecule has 1 aromatic carbocycles. The van der Waals surface area contributed by atoms with Crippen LogP contribution in [-0.4, -0.2) is 47.3 Å². The highest BCUT2D eigenvalue weighted by atomic mass is 16.2. The lowest BCUT2D eigenvalue weighted by Gasteiger charge is -2.26. The van der Waals surface area contributed by atoms with Crippen LogP contribution in [0.4, 0.5) is 0 Å². The average Bonchev–Trinajstić information content (AvgIpc) is 2.84. The van der Waals surface area contributed by atoms with Gasteiger partial charge in [-0.2, -0.15) is 0 Å². The van der Waals surface area contributed by atoms with E-state index in [0.717, 1.165) is 24.0 Å². The first-order valence-electron chi connectivity index (χ1n) is 6.77. The molecule has 0 saturated carbocycles. The number of nitrogens with one attached hydrogen (secondary N) is 1. The Bertz CT molecular complexity index is 669. The van der Waals surface area contributed by atoms with Crippen LogP contribution < -0.4 is 5.32 Å². The van der Waals surface area contributed by atoms with Crippen molar-refractivity contribution in [3.8, 4) is 0 Å². The summed E-state index contributed by atoms with van der Waals surface area (Å²) in [5, 5.41) is 4.01. The Morgan fingerprint density at radius 2 is 1.85 bits per heavy atom. The van der Waals surface area contributed by atoms with Crippen molar-refractivity contribution in [2.24, 2.45) is 7.05 Å². The zero-order valence-electron chi connectivity index (χ0n) is 11.4. The molecule has 0 aliphatic carbocycles. The molecule has 20 heavy (non-hydrogen) atoms. The van der Waals surface area contributed by atoms with Crippen LogP contribution in [0.2, 0.25) is 0 Å². The molecule has 1 amide bonds. The van der Waals surface area contributed by atoms with Gasteiger partial charge < -0.3 is 14.8 Å². The summed E-state index contributed by atoms with van der Waals surface area (Å²) < 4.78 is 1.88. The Kier molecular flexibility index (Phi) is 3.28. The summed E-state index contributed by atoms with van der Waals surface area (Å²) in [5.41, 5.74) is 1.45. The Hall–Kier alpha value is -2.14. The summed E-state index contributed by atoms with van der Waals surface area (Å²) in [6.45, 7) is 2.67. The molecule has 5 heteroatoms. The van der Waals surface area contributed by atoms with E-state index < -0.39 is 11.7 Å². The van der Waals surface area contributed by atoms with Crippen LogP contribution in [0.25, 0.3) is 10.9 Å². The number of rotatable bonds is 2. The molecule has 1 aliphatic rings. The van der Waals surface area contributed by atoms with Crippen molar-refractivity contribution in [1.82, 2.24) is 14.8 Å². The Labute approximate surface area is 117 Å². The molecular weight excluding hydrogens is 254 g/mol. The molecule has 1 aromatic heterocycles. The summed E-state index contributed by atoms with van der Waals surface area (Å²) >= 11 is 0. The van der Waals surface area contributed by atoms with Crippen LogP contribution in [0.5, 0.6) is 0 Å². The molecule has 0 spiro atoms. The third kappa shape index (κ3) is 2.10. The molecule has 0 unspecified atom stereocenters. The number of fused-ring (bicyclic) bond motifs is 1. The van der Waals surface area contributed by atoms with E-state index in [1.807, 2.05) is 35.9 Å². The second kappa shape index (κ2) is 5.09. The molecular formula is C15H17N3O2. The SMILES string of the molecule is Cn1cc(C(=O)C(=O)N2CCNCC2)c2ccccc21. The monoisotopic (exact) mass is 271 g/mol. The van der Waals surface area contributed by atoms with E-state index in [-0.39, 0.29) is 0 Å².